The average molecular weight is 252 g/mol. The first kappa shape index (κ1) is 12.8. The van der Waals surface area contributed by atoms with E-state index in [0.29, 0.717) is 22.9 Å². The largest absolute Gasteiger partial charge is 0.457 e. The van der Waals surface area contributed by atoms with Gasteiger partial charge in [-0.1, -0.05) is 37.4 Å². The van der Waals surface area contributed by atoms with Gasteiger partial charge in [-0.15, -0.1) is 0 Å². The molecule has 2 aromatic rings. The maximum absolute atomic E-state index is 5.72. The molecule has 0 aliphatic rings. The first-order valence-corrected chi connectivity index (χ1v) is 5.84. The predicted molar refractivity (Wildman–Crippen MR) is 80.9 cm³/mol. The van der Waals surface area contributed by atoms with Crippen molar-refractivity contribution in [2.75, 3.05) is 11.5 Å². The molecule has 3 heteroatoms. The second-order valence-electron chi connectivity index (χ2n) is 4.20. The van der Waals surface area contributed by atoms with Crippen molar-refractivity contribution in [1.29, 1.82) is 0 Å². The average Bonchev–Trinajstić information content (AvgIpc) is 2.38. The van der Waals surface area contributed by atoms with E-state index in [-0.39, 0.29) is 0 Å². The number of anilines is 2. The van der Waals surface area contributed by atoms with E-state index in [1.807, 2.05) is 36.4 Å². The molecule has 0 aromatic heterocycles. The summed E-state index contributed by atoms with van der Waals surface area (Å²) in [5.41, 5.74) is 14.4. The van der Waals surface area contributed by atoms with E-state index in [4.69, 9.17) is 16.2 Å². The Kier molecular flexibility index (Phi) is 3.57. The van der Waals surface area contributed by atoms with Crippen molar-refractivity contribution < 1.29 is 4.74 Å². The molecule has 19 heavy (non-hydrogen) atoms. The summed E-state index contributed by atoms with van der Waals surface area (Å²) in [6, 6.07) is 14.7. The molecule has 0 amide bonds. The lowest BCUT2D eigenvalue weighted by molar-refractivity contribution is 0.474. The lowest BCUT2D eigenvalue weighted by Crippen LogP contribution is -1.94. The number of rotatable bonds is 4. The Morgan fingerprint density at radius 3 is 1.58 bits per heavy atom. The van der Waals surface area contributed by atoms with Gasteiger partial charge in [0.1, 0.15) is 11.5 Å². The Morgan fingerprint density at radius 2 is 1.21 bits per heavy atom. The third-order valence-corrected chi connectivity index (χ3v) is 2.66. The minimum absolute atomic E-state index is 0.500. The van der Waals surface area contributed by atoms with Crippen LogP contribution in [0.5, 0.6) is 0 Å². The van der Waals surface area contributed by atoms with E-state index in [9.17, 15) is 0 Å². The zero-order chi connectivity index (χ0) is 13.8. The summed E-state index contributed by atoms with van der Waals surface area (Å²) in [6.07, 6.45) is 0. The van der Waals surface area contributed by atoms with E-state index >= 15 is 0 Å². The van der Waals surface area contributed by atoms with Crippen LogP contribution in [0.25, 0.3) is 11.5 Å². The van der Waals surface area contributed by atoms with E-state index < -0.39 is 0 Å². The summed E-state index contributed by atoms with van der Waals surface area (Å²) < 4.78 is 5.63. The second kappa shape index (κ2) is 5.31. The van der Waals surface area contributed by atoms with Crippen molar-refractivity contribution in [1.82, 2.24) is 0 Å². The highest BCUT2D eigenvalue weighted by Crippen LogP contribution is 2.24. The number of hydrogen-bond acceptors (Lipinski definition) is 3. The van der Waals surface area contributed by atoms with Gasteiger partial charge in [-0.2, -0.15) is 0 Å². The van der Waals surface area contributed by atoms with E-state index in [1.54, 1.807) is 12.1 Å². The molecule has 0 saturated carbocycles. The van der Waals surface area contributed by atoms with Crippen molar-refractivity contribution in [3.05, 3.63) is 72.8 Å². The minimum atomic E-state index is 0.500. The van der Waals surface area contributed by atoms with Gasteiger partial charge in [0.2, 0.25) is 0 Å². The molecule has 3 nitrogen and oxygen atoms in total. The quantitative estimate of drug-likeness (QED) is 0.646. The van der Waals surface area contributed by atoms with Crippen molar-refractivity contribution in [2.24, 2.45) is 0 Å². The maximum atomic E-state index is 5.72. The van der Waals surface area contributed by atoms with Gasteiger partial charge in [0.15, 0.2) is 0 Å². The zero-order valence-electron chi connectivity index (χ0n) is 10.6. The highest BCUT2D eigenvalue weighted by atomic mass is 16.5. The Morgan fingerprint density at radius 1 is 0.789 bits per heavy atom. The normalized spacial score (nSPS) is 9.89. The van der Waals surface area contributed by atoms with Crippen LogP contribution in [0.1, 0.15) is 11.1 Å². The molecule has 0 atom stereocenters. The van der Waals surface area contributed by atoms with Crippen molar-refractivity contribution in [3.63, 3.8) is 0 Å². The third kappa shape index (κ3) is 3.16. The van der Waals surface area contributed by atoms with Crippen molar-refractivity contribution >= 4 is 22.9 Å². The van der Waals surface area contributed by atoms with Gasteiger partial charge in [0.25, 0.3) is 0 Å². The van der Waals surface area contributed by atoms with Crippen LogP contribution < -0.4 is 11.5 Å². The van der Waals surface area contributed by atoms with Crippen LogP contribution in [-0.4, -0.2) is 0 Å². The van der Waals surface area contributed by atoms with E-state index in [1.165, 1.54) is 0 Å². The molecule has 0 radical (unpaired) electrons. The molecule has 2 aromatic carbocycles. The summed E-state index contributed by atoms with van der Waals surface area (Å²) in [6.45, 7) is 7.77. The molecule has 2 rings (SSSR count). The topological polar surface area (TPSA) is 61.3 Å². The number of nitrogen functional groups attached to an aromatic ring is 2. The fourth-order valence-corrected chi connectivity index (χ4v) is 1.69. The lowest BCUT2D eigenvalue weighted by atomic mass is 10.1. The van der Waals surface area contributed by atoms with Gasteiger partial charge in [-0.25, -0.2) is 0 Å². The summed E-state index contributed by atoms with van der Waals surface area (Å²) >= 11 is 0. The highest BCUT2D eigenvalue weighted by Gasteiger charge is 2.05. The molecular formula is C16H16N2O. The van der Waals surface area contributed by atoms with Gasteiger partial charge in [-0.05, 0) is 24.3 Å². The monoisotopic (exact) mass is 252 g/mol. The second-order valence-corrected chi connectivity index (χ2v) is 4.20. The molecule has 0 spiro atoms. The first-order valence-electron chi connectivity index (χ1n) is 5.84. The van der Waals surface area contributed by atoms with Crippen LogP contribution in [0.4, 0.5) is 11.4 Å². The molecule has 0 fully saturated rings. The zero-order valence-corrected chi connectivity index (χ0v) is 10.6. The Hall–Kier alpha value is -2.68. The molecular weight excluding hydrogens is 236 g/mol. The highest BCUT2D eigenvalue weighted by molar-refractivity contribution is 5.70. The summed E-state index contributed by atoms with van der Waals surface area (Å²) in [4.78, 5) is 0. The Labute approximate surface area is 112 Å². The van der Waals surface area contributed by atoms with Crippen LogP contribution in [0.3, 0.4) is 0 Å². The standard InChI is InChI=1S/C16H16N2O/c1-11(13-5-3-7-15(17)9-13)19-12(2)14-6-4-8-16(18)10-14/h3-10H,1-2,17-18H2. The van der Waals surface area contributed by atoms with Gasteiger partial charge in [-0.3, -0.25) is 0 Å². The van der Waals surface area contributed by atoms with Gasteiger partial charge >= 0.3 is 0 Å². The van der Waals surface area contributed by atoms with E-state index in [0.717, 1.165) is 11.1 Å². The molecule has 0 aliphatic heterocycles. The number of benzene rings is 2. The number of ether oxygens (including phenoxy) is 1. The smallest absolute Gasteiger partial charge is 0.127 e. The molecule has 0 bridgehead atoms. The summed E-state index contributed by atoms with van der Waals surface area (Å²) in [5.74, 6) is 0.999. The van der Waals surface area contributed by atoms with Crippen LogP contribution in [-0.2, 0) is 4.74 Å². The lowest BCUT2D eigenvalue weighted by Gasteiger charge is -2.12. The third-order valence-electron chi connectivity index (χ3n) is 2.66. The maximum Gasteiger partial charge on any atom is 0.127 e. The number of nitrogens with two attached hydrogens (primary N) is 2. The Balaban J connectivity index is 2.13. The summed E-state index contributed by atoms with van der Waals surface area (Å²) in [5, 5.41) is 0. The predicted octanol–water partition coefficient (Wildman–Crippen LogP) is 3.51. The van der Waals surface area contributed by atoms with Crippen LogP contribution in [0.15, 0.2) is 61.7 Å². The molecule has 0 saturated heterocycles. The molecule has 96 valence electrons. The van der Waals surface area contributed by atoms with Crippen LogP contribution >= 0.6 is 0 Å². The fourth-order valence-electron chi connectivity index (χ4n) is 1.69. The SMILES string of the molecule is C=C(OC(=C)c1cccc(N)c1)c1cccc(N)c1. The van der Waals surface area contributed by atoms with Crippen LogP contribution in [0.2, 0.25) is 0 Å². The minimum Gasteiger partial charge on any atom is -0.457 e. The van der Waals surface area contributed by atoms with Crippen molar-refractivity contribution in [2.45, 2.75) is 0 Å². The first-order chi connectivity index (χ1) is 9.06. The molecule has 0 aliphatic carbocycles. The molecule has 0 unspecified atom stereocenters. The fraction of sp³-hybridized carbons (Fsp3) is 0. The van der Waals surface area contributed by atoms with Gasteiger partial charge < -0.3 is 16.2 Å². The number of hydrogen-bond donors (Lipinski definition) is 2. The molecule has 4 N–H and O–H groups in total. The van der Waals surface area contributed by atoms with Crippen LogP contribution in [0, 0.1) is 0 Å². The van der Waals surface area contributed by atoms with E-state index in [2.05, 4.69) is 13.2 Å². The van der Waals surface area contributed by atoms with Gasteiger partial charge in [0.05, 0.1) is 0 Å². The Bertz CT molecular complexity index is 577. The molecule has 0 heterocycles. The van der Waals surface area contributed by atoms with Gasteiger partial charge in [0, 0.05) is 22.5 Å². The summed E-state index contributed by atoms with van der Waals surface area (Å²) in [7, 11) is 0. The van der Waals surface area contributed by atoms with Crippen molar-refractivity contribution in [3.8, 4) is 0 Å².